The highest BCUT2D eigenvalue weighted by Gasteiger charge is 2.18. The summed E-state index contributed by atoms with van der Waals surface area (Å²) in [6.45, 7) is 11.9. The monoisotopic (exact) mass is 446 g/mol. The minimum absolute atomic E-state index is 0.0125. The van der Waals surface area contributed by atoms with Gasteiger partial charge in [0.1, 0.15) is 5.60 Å². The Hall–Kier alpha value is -1.41. The molecular weight excluding hydrogens is 419 g/mol. The summed E-state index contributed by atoms with van der Waals surface area (Å²) in [4.78, 5) is 17.3. The molecule has 1 amide bonds. The predicted molar refractivity (Wildman–Crippen MR) is 107 cm³/mol. The second-order valence-corrected chi connectivity index (χ2v) is 8.29. The van der Waals surface area contributed by atoms with Crippen LogP contribution in [0.3, 0.4) is 0 Å². The molecule has 0 saturated carbocycles. The zero-order valence-electron chi connectivity index (χ0n) is 15.3. The van der Waals surface area contributed by atoms with Crippen molar-refractivity contribution in [1.82, 2.24) is 10.4 Å². The molecule has 0 radical (unpaired) electrons. The number of benzene rings is 1. The molecule has 6 heteroatoms. The van der Waals surface area contributed by atoms with Crippen LogP contribution in [0.4, 0.5) is 0 Å². The number of halogens is 1. The zero-order chi connectivity index (χ0) is 18.5. The van der Waals surface area contributed by atoms with Crippen molar-refractivity contribution in [3.05, 3.63) is 45.4 Å². The van der Waals surface area contributed by atoms with Crippen molar-refractivity contribution in [2.45, 2.75) is 39.3 Å². The number of hydroxylamine groups is 2. The summed E-state index contributed by atoms with van der Waals surface area (Å²) in [7, 11) is 3.07. The number of rotatable bonds is 7. The first-order valence-electron chi connectivity index (χ1n) is 7.58. The molecular formula is C18H27IN2O3. The summed E-state index contributed by atoms with van der Waals surface area (Å²) < 4.78 is 10.7. The molecule has 0 aliphatic carbocycles. The molecule has 0 aliphatic rings. The first kappa shape index (κ1) is 20.6. The molecule has 0 fully saturated rings. The van der Waals surface area contributed by atoms with Gasteiger partial charge in [-0.05, 0) is 52.0 Å². The van der Waals surface area contributed by atoms with Gasteiger partial charge in [0.05, 0.1) is 18.7 Å². The molecule has 0 spiro atoms. The lowest BCUT2D eigenvalue weighted by Gasteiger charge is -2.26. The lowest BCUT2D eigenvalue weighted by atomic mass is 10.1. The average Bonchev–Trinajstić information content (AvgIpc) is 2.50. The Morgan fingerprint density at radius 3 is 2.50 bits per heavy atom. The molecule has 24 heavy (non-hydrogen) atoms. The van der Waals surface area contributed by atoms with Crippen LogP contribution in [-0.2, 0) is 9.57 Å². The Labute approximate surface area is 154 Å². The van der Waals surface area contributed by atoms with Gasteiger partial charge in [0.15, 0.2) is 5.88 Å². The fourth-order valence-corrected chi connectivity index (χ4v) is 3.46. The van der Waals surface area contributed by atoms with Crippen molar-refractivity contribution < 1.29 is 14.4 Å². The van der Waals surface area contributed by atoms with Crippen molar-refractivity contribution in [2.75, 3.05) is 14.2 Å². The first-order valence-corrected chi connectivity index (χ1v) is 10.2. The van der Waals surface area contributed by atoms with Gasteiger partial charge in [-0.3, -0.25) is 9.63 Å². The molecule has 0 saturated heterocycles. The van der Waals surface area contributed by atoms with Crippen LogP contribution in [0.5, 0.6) is 0 Å². The van der Waals surface area contributed by atoms with E-state index in [2.05, 4.69) is 16.4 Å². The highest BCUT2D eigenvalue weighted by molar-refractivity contribution is 14.2. The molecule has 5 nitrogen and oxygen atoms in total. The summed E-state index contributed by atoms with van der Waals surface area (Å²) in [6.07, 6.45) is 0. The molecule has 0 bridgehead atoms. The first-order chi connectivity index (χ1) is 11.1. The van der Waals surface area contributed by atoms with Crippen LogP contribution in [0.15, 0.2) is 30.7 Å². The molecule has 0 aromatic heterocycles. The predicted octanol–water partition coefficient (Wildman–Crippen LogP) is 3.83. The van der Waals surface area contributed by atoms with Gasteiger partial charge in [-0.2, -0.15) is 0 Å². The van der Waals surface area contributed by atoms with Gasteiger partial charge in [0.25, 0.3) is 5.91 Å². The summed E-state index contributed by atoms with van der Waals surface area (Å²) >= 11 is -0.497. The number of nitrogens with zero attached hydrogens (tertiary/aromatic N) is 1. The Morgan fingerprint density at radius 1 is 1.38 bits per heavy atom. The molecule has 1 N–H and O–H groups in total. The molecule has 134 valence electrons. The maximum absolute atomic E-state index is 12.3. The van der Waals surface area contributed by atoms with Crippen molar-refractivity contribution >= 4 is 31.2 Å². The third kappa shape index (κ3) is 5.90. The molecule has 0 unspecified atom stereocenters. The standard InChI is InChI=1S/C18H27IN2O3/c1-12(20-13(2)24-18(3,4)5)14-9-10-15(16(11-14)19-6)17(22)21(7)23-8/h9-12,20H,2,6H2,1,3-5,7-8H3/t12-/m0/s1. The van der Waals surface area contributed by atoms with Crippen LogP contribution in [0.2, 0.25) is 0 Å². The minimum Gasteiger partial charge on any atom is -0.474 e. The molecule has 1 atom stereocenters. The van der Waals surface area contributed by atoms with Crippen molar-refractivity contribution in [2.24, 2.45) is 0 Å². The van der Waals surface area contributed by atoms with E-state index < -0.39 is 20.7 Å². The second kappa shape index (κ2) is 8.62. The lowest BCUT2D eigenvalue weighted by Crippen LogP contribution is -2.27. The van der Waals surface area contributed by atoms with Crippen molar-refractivity contribution in [1.29, 1.82) is 0 Å². The van der Waals surface area contributed by atoms with Gasteiger partial charge in [-0.1, -0.05) is 31.3 Å². The van der Waals surface area contributed by atoms with E-state index in [0.29, 0.717) is 11.4 Å². The quantitative estimate of drug-likeness (QED) is 0.393. The van der Waals surface area contributed by atoms with Crippen molar-refractivity contribution in [3.63, 3.8) is 0 Å². The van der Waals surface area contributed by atoms with E-state index in [1.54, 1.807) is 7.05 Å². The lowest BCUT2D eigenvalue weighted by molar-refractivity contribution is -0.0757. The summed E-state index contributed by atoms with van der Waals surface area (Å²) in [5, 5.41) is 4.46. The average molecular weight is 446 g/mol. The van der Waals surface area contributed by atoms with Crippen LogP contribution in [-0.4, -0.2) is 35.2 Å². The number of nitrogens with one attached hydrogen (secondary N) is 1. The highest BCUT2D eigenvalue weighted by Crippen LogP contribution is 2.24. The van der Waals surface area contributed by atoms with E-state index >= 15 is 0 Å². The maximum Gasteiger partial charge on any atom is 0.278 e. The number of hydrogen-bond acceptors (Lipinski definition) is 4. The summed E-state index contributed by atoms with van der Waals surface area (Å²) in [5.74, 6) is 0.364. The molecule has 0 aliphatic heterocycles. The fraction of sp³-hybridized carbons (Fsp3) is 0.444. The van der Waals surface area contributed by atoms with Gasteiger partial charge < -0.3 is 10.1 Å². The van der Waals surface area contributed by atoms with Crippen LogP contribution in [0, 0.1) is 3.57 Å². The van der Waals surface area contributed by atoms with Crippen molar-refractivity contribution in [3.8, 4) is 0 Å². The van der Waals surface area contributed by atoms with E-state index in [0.717, 1.165) is 9.13 Å². The fourth-order valence-electron chi connectivity index (χ4n) is 2.06. The number of carbonyl (C=O) groups excluding carboxylic acids is 1. The number of ether oxygens (including phenoxy) is 1. The molecule has 0 heterocycles. The maximum atomic E-state index is 12.3. The Morgan fingerprint density at radius 2 is 2.00 bits per heavy atom. The highest BCUT2D eigenvalue weighted by atomic mass is 127. The van der Waals surface area contributed by atoms with E-state index in [-0.39, 0.29) is 17.6 Å². The second-order valence-electron chi connectivity index (χ2n) is 6.36. The molecule has 1 aromatic carbocycles. The number of carbonyl (C=O) groups is 1. The largest absolute Gasteiger partial charge is 0.474 e. The molecule has 1 rings (SSSR count). The van der Waals surface area contributed by atoms with Crippen LogP contribution in [0.25, 0.3) is 0 Å². The third-order valence-electron chi connectivity index (χ3n) is 3.23. The Balaban J connectivity index is 2.96. The topological polar surface area (TPSA) is 50.8 Å². The molecule has 1 aromatic rings. The van der Waals surface area contributed by atoms with Gasteiger partial charge in [-0.25, -0.2) is 5.06 Å². The smallest absolute Gasteiger partial charge is 0.278 e. The SMILES string of the molecule is C=Ic1cc([C@H](C)NC(=C)OC(C)(C)C)ccc1C(=O)N(C)OC. The van der Waals surface area contributed by atoms with Gasteiger partial charge in [-0.15, -0.1) is 0 Å². The third-order valence-corrected chi connectivity index (χ3v) is 4.95. The Bertz CT molecular complexity index is 623. The van der Waals surface area contributed by atoms with Crippen LogP contribution < -0.4 is 5.32 Å². The van der Waals surface area contributed by atoms with Crippen LogP contribution >= 0.6 is 20.7 Å². The summed E-state index contributed by atoms with van der Waals surface area (Å²) in [6, 6.07) is 5.80. The van der Waals surface area contributed by atoms with Gasteiger partial charge >= 0.3 is 0 Å². The normalized spacial score (nSPS) is 12.4. The Kier molecular flexibility index (Phi) is 7.41. The minimum atomic E-state index is -0.497. The number of amides is 1. The van der Waals surface area contributed by atoms with Gasteiger partial charge in [0.2, 0.25) is 0 Å². The van der Waals surface area contributed by atoms with E-state index in [4.69, 9.17) is 9.57 Å². The van der Waals surface area contributed by atoms with E-state index in [9.17, 15) is 4.79 Å². The zero-order valence-corrected chi connectivity index (χ0v) is 17.4. The number of hydrogen-bond donors (Lipinski definition) is 1. The van der Waals surface area contributed by atoms with Crippen LogP contribution in [0.1, 0.15) is 49.7 Å². The van der Waals surface area contributed by atoms with Gasteiger partial charge in [0, 0.05) is 10.6 Å². The van der Waals surface area contributed by atoms with E-state index in [1.165, 1.54) is 12.2 Å². The summed E-state index contributed by atoms with van der Waals surface area (Å²) in [5.41, 5.74) is 1.40. The van der Waals surface area contributed by atoms with E-state index in [1.807, 2.05) is 45.9 Å².